The Kier molecular flexibility index (Phi) is 5.03. The molecule has 2 heterocycles. The van der Waals surface area contributed by atoms with E-state index in [9.17, 15) is 18.0 Å². The molecule has 1 fully saturated rings. The lowest BCUT2D eigenvalue weighted by molar-refractivity contribution is -0.159. The summed E-state index contributed by atoms with van der Waals surface area (Å²) < 4.78 is 41.6. The summed E-state index contributed by atoms with van der Waals surface area (Å²) >= 11 is 0. The van der Waals surface area contributed by atoms with Crippen LogP contribution in [0.25, 0.3) is 11.4 Å². The van der Waals surface area contributed by atoms with Crippen LogP contribution in [0.4, 0.5) is 13.2 Å². The third-order valence-electron chi connectivity index (χ3n) is 4.02. The van der Waals surface area contributed by atoms with E-state index >= 15 is 0 Å². The fraction of sp³-hybridized carbons (Fsp3) is 0.438. The van der Waals surface area contributed by atoms with E-state index in [0.717, 1.165) is 25.9 Å². The Morgan fingerprint density at radius 3 is 2.68 bits per heavy atom. The fourth-order valence-corrected chi connectivity index (χ4v) is 2.66. The molecular formula is C16H17F3N4O2. The summed E-state index contributed by atoms with van der Waals surface area (Å²) in [5.41, 5.74) is 0.763. The lowest BCUT2D eigenvalue weighted by Gasteiger charge is -2.22. The molecule has 0 radical (unpaired) electrons. The highest BCUT2D eigenvalue weighted by atomic mass is 19.4. The number of nitrogens with zero attached hydrogens (tertiary/aromatic N) is 2. The number of hydrogen-bond donors (Lipinski definition) is 2. The number of halogens is 3. The van der Waals surface area contributed by atoms with Crippen LogP contribution in [-0.2, 0) is 6.18 Å². The van der Waals surface area contributed by atoms with E-state index in [0.29, 0.717) is 23.6 Å². The van der Waals surface area contributed by atoms with E-state index in [4.69, 9.17) is 0 Å². The normalized spacial score (nSPS) is 18.1. The largest absolute Gasteiger partial charge is 0.471 e. The first-order chi connectivity index (χ1) is 11.9. The summed E-state index contributed by atoms with van der Waals surface area (Å²) in [6.07, 6.45) is -2.51. The zero-order valence-corrected chi connectivity index (χ0v) is 13.3. The molecule has 25 heavy (non-hydrogen) atoms. The molecule has 1 aromatic heterocycles. The van der Waals surface area contributed by atoms with Crippen molar-refractivity contribution in [2.45, 2.75) is 19.0 Å². The first-order valence-electron chi connectivity index (χ1n) is 7.94. The Labute approximate surface area is 141 Å². The SMILES string of the molecule is O=C(NC[C@@H]1CCCNC1)c1ccc(-c2noc(C(F)(F)F)n2)cc1. The molecule has 0 unspecified atom stereocenters. The van der Waals surface area contributed by atoms with Crippen molar-refractivity contribution in [1.29, 1.82) is 0 Å². The molecule has 1 aromatic carbocycles. The number of piperidine rings is 1. The minimum Gasteiger partial charge on any atom is -0.352 e. The molecular weight excluding hydrogens is 337 g/mol. The van der Waals surface area contributed by atoms with Gasteiger partial charge in [-0.25, -0.2) is 0 Å². The number of alkyl halides is 3. The number of nitrogens with one attached hydrogen (secondary N) is 2. The summed E-state index contributed by atoms with van der Waals surface area (Å²) in [4.78, 5) is 15.5. The van der Waals surface area contributed by atoms with E-state index in [2.05, 4.69) is 25.3 Å². The molecule has 9 heteroatoms. The van der Waals surface area contributed by atoms with Gasteiger partial charge in [0.15, 0.2) is 0 Å². The predicted molar refractivity (Wildman–Crippen MR) is 82.7 cm³/mol. The van der Waals surface area contributed by atoms with Gasteiger partial charge in [0.1, 0.15) is 0 Å². The Hall–Kier alpha value is -2.42. The molecule has 0 saturated carbocycles. The van der Waals surface area contributed by atoms with Crippen LogP contribution in [0.2, 0.25) is 0 Å². The lowest BCUT2D eigenvalue weighted by atomic mass is 9.99. The van der Waals surface area contributed by atoms with Crippen LogP contribution in [0.5, 0.6) is 0 Å². The smallest absolute Gasteiger partial charge is 0.352 e. The second-order valence-electron chi connectivity index (χ2n) is 5.92. The van der Waals surface area contributed by atoms with E-state index in [-0.39, 0.29) is 11.7 Å². The number of carbonyl (C=O) groups is 1. The van der Waals surface area contributed by atoms with Crippen molar-refractivity contribution < 1.29 is 22.5 Å². The fourth-order valence-electron chi connectivity index (χ4n) is 2.66. The molecule has 1 atom stereocenters. The standard InChI is InChI=1S/C16H17F3N4O2/c17-16(18,19)15-22-13(23-25-15)11-3-5-12(6-4-11)14(24)21-9-10-2-1-7-20-8-10/h3-6,10,20H,1-2,7-9H2,(H,21,24)/t10-/m1/s1. The van der Waals surface area contributed by atoms with Crippen LogP contribution in [-0.4, -0.2) is 35.7 Å². The Morgan fingerprint density at radius 1 is 1.32 bits per heavy atom. The van der Waals surface area contributed by atoms with E-state index in [1.165, 1.54) is 24.3 Å². The second-order valence-corrected chi connectivity index (χ2v) is 5.92. The summed E-state index contributed by atoms with van der Waals surface area (Å²) in [5.74, 6) is -1.38. The number of amides is 1. The Morgan fingerprint density at radius 2 is 2.08 bits per heavy atom. The molecule has 134 valence electrons. The zero-order valence-electron chi connectivity index (χ0n) is 13.3. The van der Waals surface area contributed by atoms with Gasteiger partial charge in [0.25, 0.3) is 5.91 Å². The summed E-state index contributed by atoms with van der Waals surface area (Å²) in [6, 6.07) is 6.02. The molecule has 2 aromatic rings. The number of hydrogen-bond acceptors (Lipinski definition) is 5. The van der Waals surface area contributed by atoms with Crippen LogP contribution in [0.1, 0.15) is 29.1 Å². The van der Waals surface area contributed by atoms with E-state index in [1.54, 1.807) is 0 Å². The van der Waals surface area contributed by atoms with Gasteiger partial charge in [-0.05, 0) is 44.0 Å². The quantitative estimate of drug-likeness (QED) is 0.882. The van der Waals surface area contributed by atoms with E-state index in [1.807, 2.05) is 0 Å². The number of benzene rings is 1. The van der Waals surface area contributed by atoms with Crippen molar-refractivity contribution in [2.24, 2.45) is 5.92 Å². The molecule has 1 amide bonds. The van der Waals surface area contributed by atoms with Crippen molar-refractivity contribution in [3.05, 3.63) is 35.7 Å². The Balaban J connectivity index is 1.61. The van der Waals surface area contributed by atoms with Gasteiger partial charge in [-0.15, -0.1) is 0 Å². The molecule has 6 nitrogen and oxygen atoms in total. The van der Waals surface area contributed by atoms with Crippen molar-refractivity contribution >= 4 is 5.91 Å². The number of carbonyl (C=O) groups excluding carboxylic acids is 1. The first-order valence-corrected chi connectivity index (χ1v) is 7.94. The molecule has 2 N–H and O–H groups in total. The van der Waals surface area contributed by atoms with Gasteiger partial charge in [0, 0.05) is 17.7 Å². The highest BCUT2D eigenvalue weighted by Crippen LogP contribution is 2.29. The zero-order chi connectivity index (χ0) is 17.9. The van der Waals surface area contributed by atoms with Gasteiger partial charge in [0.05, 0.1) is 0 Å². The average Bonchev–Trinajstić information content (AvgIpc) is 3.11. The first kappa shape index (κ1) is 17.4. The lowest BCUT2D eigenvalue weighted by Crippen LogP contribution is -2.38. The maximum absolute atomic E-state index is 12.5. The van der Waals surface area contributed by atoms with Crippen LogP contribution >= 0.6 is 0 Å². The maximum atomic E-state index is 12.5. The van der Waals surface area contributed by atoms with Gasteiger partial charge < -0.3 is 15.2 Å². The highest BCUT2D eigenvalue weighted by molar-refractivity contribution is 5.94. The Bertz CT molecular complexity index is 722. The maximum Gasteiger partial charge on any atom is 0.471 e. The van der Waals surface area contributed by atoms with Crippen LogP contribution in [0, 0.1) is 5.92 Å². The van der Waals surface area contributed by atoms with Crippen molar-refractivity contribution in [3.63, 3.8) is 0 Å². The topological polar surface area (TPSA) is 80.0 Å². The van der Waals surface area contributed by atoms with Crippen LogP contribution in [0.3, 0.4) is 0 Å². The molecule has 0 spiro atoms. The monoisotopic (exact) mass is 354 g/mol. The van der Waals surface area contributed by atoms with Crippen LogP contribution < -0.4 is 10.6 Å². The van der Waals surface area contributed by atoms with Gasteiger partial charge in [0.2, 0.25) is 5.82 Å². The molecule has 1 aliphatic heterocycles. The van der Waals surface area contributed by atoms with E-state index < -0.39 is 12.1 Å². The predicted octanol–water partition coefficient (Wildman–Crippen LogP) is 2.48. The summed E-state index contributed by atoms with van der Waals surface area (Å²) in [6.45, 7) is 2.49. The molecule has 0 aliphatic carbocycles. The third-order valence-corrected chi connectivity index (χ3v) is 4.02. The van der Waals surface area contributed by atoms with Crippen molar-refractivity contribution in [1.82, 2.24) is 20.8 Å². The number of rotatable bonds is 4. The van der Waals surface area contributed by atoms with Crippen molar-refractivity contribution in [2.75, 3.05) is 19.6 Å². The van der Waals surface area contributed by atoms with Crippen LogP contribution in [0.15, 0.2) is 28.8 Å². The van der Waals surface area contributed by atoms with Gasteiger partial charge >= 0.3 is 12.1 Å². The van der Waals surface area contributed by atoms with Gasteiger partial charge in [-0.2, -0.15) is 18.2 Å². The molecule has 1 aliphatic rings. The molecule has 0 bridgehead atoms. The third kappa shape index (κ3) is 4.36. The minimum absolute atomic E-state index is 0.174. The van der Waals surface area contributed by atoms with Gasteiger partial charge in [-0.3, -0.25) is 4.79 Å². The highest BCUT2D eigenvalue weighted by Gasteiger charge is 2.38. The number of aromatic nitrogens is 2. The second kappa shape index (κ2) is 7.22. The molecule has 3 rings (SSSR count). The summed E-state index contributed by atoms with van der Waals surface area (Å²) in [5, 5.41) is 9.47. The summed E-state index contributed by atoms with van der Waals surface area (Å²) in [7, 11) is 0. The van der Waals surface area contributed by atoms with Crippen molar-refractivity contribution in [3.8, 4) is 11.4 Å². The molecule has 1 saturated heterocycles. The minimum atomic E-state index is -4.68. The van der Waals surface area contributed by atoms with Gasteiger partial charge in [-0.1, -0.05) is 17.3 Å². The average molecular weight is 354 g/mol.